The van der Waals surface area contributed by atoms with Crippen molar-refractivity contribution in [2.75, 3.05) is 0 Å². The van der Waals surface area contributed by atoms with Crippen LogP contribution in [0, 0.1) is 0 Å². The monoisotopic (exact) mass is 95.0 g/mol. The van der Waals surface area contributed by atoms with E-state index in [9.17, 15) is 4.79 Å². The molecule has 1 rings (SSSR count). The van der Waals surface area contributed by atoms with Gasteiger partial charge >= 0.3 is 0 Å². The van der Waals surface area contributed by atoms with E-state index in [0.29, 0.717) is 0 Å². The number of nitrogens with zero attached hydrogens (tertiary/aromatic N) is 1. The first kappa shape index (κ1) is 4.24. The summed E-state index contributed by atoms with van der Waals surface area (Å²) in [4.78, 5) is 13.7. The highest BCUT2D eigenvalue weighted by Gasteiger charge is 1.98. The lowest BCUT2D eigenvalue weighted by Crippen LogP contribution is -1.80. The minimum Gasteiger partial charge on any atom is -0.267 e. The van der Waals surface area contributed by atoms with Crippen LogP contribution < -0.4 is 0 Å². The summed E-state index contributed by atoms with van der Waals surface area (Å²) in [6.07, 6.45) is 3.15. The Hall–Kier alpha value is -0.920. The van der Waals surface area contributed by atoms with Gasteiger partial charge in [0.2, 0.25) is 0 Å². The number of carbonyl (C=O) groups is 1. The largest absolute Gasteiger partial charge is 0.269 e. The van der Waals surface area contributed by atoms with Gasteiger partial charge < -0.3 is 0 Å². The van der Waals surface area contributed by atoms with Gasteiger partial charge in [0.15, 0.2) is 0 Å². The van der Waals surface area contributed by atoms with Gasteiger partial charge in [-0.15, -0.1) is 0 Å². The maximum atomic E-state index is 10.2. The van der Waals surface area contributed by atoms with Crippen LogP contribution in [0.5, 0.6) is 0 Å². The first-order chi connectivity index (χ1) is 3.29. The van der Waals surface area contributed by atoms with Gasteiger partial charge in [0.1, 0.15) is 0 Å². The van der Waals surface area contributed by atoms with E-state index >= 15 is 0 Å². The Morgan fingerprint density at radius 2 is 2.29 bits per heavy atom. The fraction of sp³-hybridized carbons (Fsp3) is 0.200. The van der Waals surface area contributed by atoms with Crippen molar-refractivity contribution < 1.29 is 4.79 Å². The van der Waals surface area contributed by atoms with Gasteiger partial charge in [-0.2, -0.15) is 0 Å². The second kappa shape index (κ2) is 1.30. The average molecular weight is 95.1 g/mol. The Balaban J connectivity index is 2.88. The Morgan fingerprint density at radius 3 is 2.43 bits per heavy atom. The summed E-state index contributed by atoms with van der Waals surface area (Å²) in [5, 5.41) is 0. The van der Waals surface area contributed by atoms with Gasteiger partial charge in [0.25, 0.3) is 5.91 Å². The van der Waals surface area contributed by atoms with Gasteiger partial charge in [0, 0.05) is 11.8 Å². The molecule has 0 aromatic carbocycles. The van der Waals surface area contributed by atoms with Crippen molar-refractivity contribution in [2.24, 2.45) is 4.99 Å². The standard InChI is InChI=1S/C5H5NO/c1-4-2-3-5(7)6-4/h2-3H,1H3. The van der Waals surface area contributed by atoms with E-state index in [1.165, 1.54) is 6.08 Å². The van der Waals surface area contributed by atoms with Gasteiger partial charge in [-0.05, 0) is 13.0 Å². The van der Waals surface area contributed by atoms with Gasteiger partial charge in [0.05, 0.1) is 0 Å². The van der Waals surface area contributed by atoms with Crippen molar-refractivity contribution in [1.29, 1.82) is 0 Å². The first-order valence-corrected chi connectivity index (χ1v) is 2.06. The molecule has 1 aliphatic rings. The highest BCUT2D eigenvalue weighted by atomic mass is 16.1. The molecular weight excluding hydrogens is 90.1 g/mol. The van der Waals surface area contributed by atoms with Crippen LogP contribution in [0.2, 0.25) is 0 Å². The van der Waals surface area contributed by atoms with Crippen molar-refractivity contribution in [2.45, 2.75) is 6.92 Å². The van der Waals surface area contributed by atoms with Crippen LogP contribution in [-0.2, 0) is 4.79 Å². The van der Waals surface area contributed by atoms with E-state index < -0.39 is 0 Å². The van der Waals surface area contributed by atoms with E-state index in [0.717, 1.165) is 5.71 Å². The van der Waals surface area contributed by atoms with Crippen LogP contribution in [0.3, 0.4) is 0 Å². The molecule has 0 aromatic heterocycles. The molecule has 2 nitrogen and oxygen atoms in total. The maximum absolute atomic E-state index is 10.2. The zero-order valence-electron chi connectivity index (χ0n) is 4.01. The summed E-state index contributed by atoms with van der Waals surface area (Å²) in [5.74, 6) is -0.141. The van der Waals surface area contributed by atoms with E-state index in [1.54, 1.807) is 13.0 Å². The number of allylic oxidation sites excluding steroid dienone is 1. The molecule has 0 unspecified atom stereocenters. The quantitative estimate of drug-likeness (QED) is 0.432. The average Bonchev–Trinajstić information content (AvgIpc) is 1.87. The fourth-order valence-corrected chi connectivity index (χ4v) is 0.440. The Bertz CT molecular complexity index is 155. The van der Waals surface area contributed by atoms with Crippen molar-refractivity contribution in [1.82, 2.24) is 0 Å². The summed E-state index contributed by atoms with van der Waals surface area (Å²) in [6.45, 7) is 1.79. The molecule has 1 heterocycles. The number of carbonyl (C=O) groups excluding carboxylic acids is 1. The molecule has 0 spiro atoms. The predicted octanol–water partition coefficient (Wildman–Crippen LogP) is 0.544. The summed E-state index contributed by atoms with van der Waals surface area (Å²) in [6, 6.07) is 0. The van der Waals surface area contributed by atoms with Crippen LogP contribution in [0.4, 0.5) is 0 Å². The Morgan fingerprint density at radius 1 is 1.57 bits per heavy atom. The van der Waals surface area contributed by atoms with E-state index in [2.05, 4.69) is 4.99 Å². The molecule has 1 aliphatic heterocycles. The number of rotatable bonds is 0. The minimum absolute atomic E-state index is 0.141. The molecular formula is C5H5NO. The van der Waals surface area contributed by atoms with Crippen LogP contribution in [0.1, 0.15) is 6.92 Å². The molecule has 7 heavy (non-hydrogen) atoms. The molecule has 0 aliphatic carbocycles. The lowest BCUT2D eigenvalue weighted by atomic mass is 10.4. The third kappa shape index (κ3) is 0.738. The second-order valence-electron chi connectivity index (χ2n) is 1.42. The summed E-state index contributed by atoms with van der Waals surface area (Å²) < 4.78 is 0. The van der Waals surface area contributed by atoms with Crippen LogP contribution in [-0.4, -0.2) is 11.6 Å². The Kier molecular flexibility index (Phi) is 0.785. The minimum atomic E-state index is -0.141. The van der Waals surface area contributed by atoms with Gasteiger partial charge in [-0.25, -0.2) is 4.99 Å². The molecule has 0 N–H and O–H groups in total. The van der Waals surface area contributed by atoms with E-state index in [1.807, 2.05) is 0 Å². The lowest BCUT2D eigenvalue weighted by molar-refractivity contribution is -0.113. The van der Waals surface area contributed by atoms with Crippen LogP contribution in [0.25, 0.3) is 0 Å². The highest BCUT2D eigenvalue weighted by Crippen LogP contribution is 1.92. The molecule has 0 saturated heterocycles. The molecule has 2 heteroatoms. The SMILES string of the molecule is CC1=NC(=O)C=C1. The van der Waals surface area contributed by atoms with Crippen molar-refractivity contribution in [3.05, 3.63) is 12.2 Å². The predicted molar refractivity (Wildman–Crippen MR) is 27.3 cm³/mol. The second-order valence-corrected chi connectivity index (χ2v) is 1.42. The molecule has 0 aromatic rings. The number of hydrogen-bond acceptors (Lipinski definition) is 1. The third-order valence-electron chi connectivity index (χ3n) is 0.754. The number of aliphatic imine (C=N–C) groups is 1. The van der Waals surface area contributed by atoms with E-state index in [4.69, 9.17) is 0 Å². The smallest absolute Gasteiger partial charge is 0.267 e. The zero-order chi connectivity index (χ0) is 5.28. The third-order valence-corrected chi connectivity index (χ3v) is 0.754. The van der Waals surface area contributed by atoms with Crippen LogP contribution in [0.15, 0.2) is 17.1 Å². The van der Waals surface area contributed by atoms with Crippen molar-refractivity contribution in [3.8, 4) is 0 Å². The molecule has 0 saturated carbocycles. The molecule has 0 fully saturated rings. The first-order valence-electron chi connectivity index (χ1n) is 2.06. The molecule has 1 amide bonds. The molecule has 0 radical (unpaired) electrons. The maximum Gasteiger partial charge on any atom is 0.269 e. The zero-order valence-corrected chi connectivity index (χ0v) is 4.01. The summed E-state index contributed by atoms with van der Waals surface area (Å²) >= 11 is 0. The number of hydrogen-bond donors (Lipinski definition) is 0. The normalized spacial score (nSPS) is 17.9. The van der Waals surface area contributed by atoms with E-state index in [-0.39, 0.29) is 5.91 Å². The lowest BCUT2D eigenvalue weighted by Gasteiger charge is -1.71. The molecule has 0 atom stereocenters. The van der Waals surface area contributed by atoms with Crippen LogP contribution >= 0.6 is 0 Å². The fourth-order valence-electron chi connectivity index (χ4n) is 0.440. The summed E-state index contributed by atoms with van der Waals surface area (Å²) in [7, 11) is 0. The highest BCUT2D eigenvalue weighted by molar-refractivity contribution is 6.11. The summed E-state index contributed by atoms with van der Waals surface area (Å²) in [5.41, 5.74) is 0.796. The van der Waals surface area contributed by atoms with Crippen molar-refractivity contribution >= 4 is 11.6 Å². The molecule has 36 valence electrons. The van der Waals surface area contributed by atoms with Gasteiger partial charge in [-0.3, -0.25) is 4.79 Å². The number of amides is 1. The van der Waals surface area contributed by atoms with Crippen molar-refractivity contribution in [3.63, 3.8) is 0 Å². The molecule has 0 bridgehead atoms. The topological polar surface area (TPSA) is 29.4 Å². The Labute approximate surface area is 41.6 Å². The van der Waals surface area contributed by atoms with Gasteiger partial charge in [-0.1, -0.05) is 0 Å².